The molecule has 0 aromatic carbocycles. The van der Waals surface area contributed by atoms with Gasteiger partial charge in [-0.3, -0.25) is 0 Å². The van der Waals surface area contributed by atoms with Gasteiger partial charge in [-0.15, -0.1) is 0 Å². The van der Waals surface area contributed by atoms with E-state index in [4.69, 9.17) is 7.85 Å². The first-order chi connectivity index (χ1) is 6.36. The van der Waals surface area contributed by atoms with Crippen LogP contribution >= 0.6 is 0 Å². The summed E-state index contributed by atoms with van der Waals surface area (Å²) in [7, 11) is 5.93. The predicted molar refractivity (Wildman–Crippen MR) is 58.0 cm³/mol. The van der Waals surface area contributed by atoms with E-state index in [-0.39, 0.29) is 0 Å². The molecule has 0 N–H and O–H groups in total. The molecule has 0 bridgehead atoms. The Kier molecular flexibility index (Phi) is 3.35. The second kappa shape index (κ2) is 4.53. The Balaban J connectivity index is 1.79. The van der Waals surface area contributed by atoms with Crippen molar-refractivity contribution in [1.29, 1.82) is 0 Å². The Morgan fingerprint density at radius 3 is 1.77 bits per heavy atom. The van der Waals surface area contributed by atoms with Crippen LogP contribution in [0.1, 0.15) is 57.8 Å². The van der Waals surface area contributed by atoms with E-state index in [0.29, 0.717) is 5.82 Å². The molecular formula is C12H21B. The molecule has 0 atom stereocenters. The van der Waals surface area contributed by atoms with Gasteiger partial charge in [0.1, 0.15) is 0 Å². The monoisotopic (exact) mass is 176 g/mol. The fourth-order valence-corrected chi connectivity index (χ4v) is 3.22. The molecule has 0 aromatic rings. The molecule has 0 nitrogen and oxygen atoms in total. The van der Waals surface area contributed by atoms with Gasteiger partial charge in [-0.25, -0.2) is 0 Å². The molecule has 2 aliphatic rings. The first-order valence-electron chi connectivity index (χ1n) is 6.12. The minimum atomic E-state index is 0.528. The van der Waals surface area contributed by atoms with Crippen molar-refractivity contribution >= 4 is 7.85 Å². The second-order valence-electron chi connectivity index (χ2n) is 5.07. The highest BCUT2D eigenvalue weighted by Gasteiger charge is 2.26. The number of hydrogen-bond donors (Lipinski definition) is 0. The molecule has 72 valence electrons. The normalized spacial score (nSPS) is 37.5. The summed E-state index contributed by atoms with van der Waals surface area (Å²) in [5.74, 6) is 2.64. The predicted octanol–water partition coefficient (Wildman–Crippen LogP) is 3.71. The summed E-state index contributed by atoms with van der Waals surface area (Å²) in [6.07, 6.45) is 12.9. The van der Waals surface area contributed by atoms with Crippen LogP contribution in [0, 0.1) is 11.8 Å². The first-order valence-corrected chi connectivity index (χ1v) is 6.12. The van der Waals surface area contributed by atoms with Crippen LogP contribution in [0.5, 0.6) is 0 Å². The molecule has 2 rings (SSSR count). The lowest BCUT2D eigenvalue weighted by Gasteiger charge is -2.35. The van der Waals surface area contributed by atoms with Crippen LogP contribution < -0.4 is 0 Å². The standard InChI is InChI=1S/C12H21B/c13-12-8-6-11(7-9-12)10-4-2-1-3-5-10/h10-12H,1-9H2. The van der Waals surface area contributed by atoms with Crippen molar-refractivity contribution in [2.45, 2.75) is 63.6 Å². The Morgan fingerprint density at radius 2 is 1.15 bits per heavy atom. The van der Waals surface area contributed by atoms with Crippen molar-refractivity contribution < 1.29 is 0 Å². The van der Waals surface area contributed by atoms with Crippen molar-refractivity contribution in [3.05, 3.63) is 0 Å². The van der Waals surface area contributed by atoms with Crippen LogP contribution in [-0.4, -0.2) is 7.85 Å². The van der Waals surface area contributed by atoms with Gasteiger partial charge in [-0.2, -0.15) is 0 Å². The second-order valence-corrected chi connectivity index (χ2v) is 5.07. The van der Waals surface area contributed by atoms with Crippen molar-refractivity contribution in [2.75, 3.05) is 0 Å². The van der Waals surface area contributed by atoms with E-state index in [1.807, 2.05) is 0 Å². The van der Waals surface area contributed by atoms with Crippen LogP contribution in [0.3, 0.4) is 0 Å². The van der Waals surface area contributed by atoms with Crippen LogP contribution in [0.2, 0.25) is 5.82 Å². The van der Waals surface area contributed by atoms with E-state index in [1.165, 1.54) is 57.8 Å². The lowest BCUT2D eigenvalue weighted by Crippen LogP contribution is -2.22. The quantitative estimate of drug-likeness (QED) is 0.534. The zero-order chi connectivity index (χ0) is 9.10. The molecule has 13 heavy (non-hydrogen) atoms. The third-order valence-corrected chi connectivity index (χ3v) is 4.13. The summed E-state index contributed by atoms with van der Waals surface area (Å²) in [4.78, 5) is 0. The van der Waals surface area contributed by atoms with Gasteiger partial charge in [0.2, 0.25) is 0 Å². The van der Waals surface area contributed by atoms with Crippen LogP contribution in [0.15, 0.2) is 0 Å². The van der Waals surface area contributed by atoms with Gasteiger partial charge < -0.3 is 0 Å². The van der Waals surface area contributed by atoms with Crippen molar-refractivity contribution in [2.24, 2.45) is 11.8 Å². The summed E-state index contributed by atoms with van der Waals surface area (Å²) in [5.41, 5.74) is 0. The van der Waals surface area contributed by atoms with E-state index in [9.17, 15) is 0 Å². The van der Waals surface area contributed by atoms with E-state index < -0.39 is 0 Å². The summed E-state index contributed by atoms with van der Waals surface area (Å²) in [6.45, 7) is 0. The Labute approximate surface area is 83.9 Å². The summed E-state index contributed by atoms with van der Waals surface area (Å²) in [5, 5.41) is 0. The highest BCUT2D eigenvalue weighted by Crippen LogP contribution is 2.40. The van der Waals surface area contributed by atoms with E-state index in [1.54, 1.807) is 0 Å². The summed E-state index contributed by atoms with van der Waals surface area (Å²) in [6, 6.07) is 0. The molecule has 2 radical (unpaired) electrons. The third-order valence-electron chi connectivity index (χ3n) is 4.13. The smallest absolute Gasteiger partial charge is 0.0699 e. The lowest BCUT2D eigenvalue weighted by atomic mass is 9.66. The van der Waals surface area contributed by atoms with Gasteiger partial charge in [-0.1, -0.05) is 63.6 Å². The fraction of sp³-hybridized carbons (Fsp3) is 1.00. The van der Waals surface area contributed by atoms with Crippen LogP contribution in [0.4, 0.5) is 0 Å². The van der Waals surface area contributed by atoms with Gasteiger partial charge >= 0.3 is 0 Å². The molecule has 0 amide bonds. The molecule has 0 aliphatic heterocycles. The Bertz CT molecular complexity index is 141. The molecule has 0 aromatic heterocycles. The number of hydrogen-bond acceptors (Lipinski definition) is 0. The minimum Gasteiger partial charge on any atom is -0.0774 e. The van der Waals surface area contributed by atoms with E-state index in [0.717, 1.165) is 11.8 Å². The maximum Gasteiger partial charge on any atom is 0.0699 e. The average Bonchev–Trinajstić information content (AvgIpc) is 2.20. The molecule has 0 heterocycles. The average molecular weight is 176 g/mol. The van der Waals surface area contributed by atoms with Crippen molar-refractivity contribution in [3.8, 4) is 0 Å². The highest BCUT2D eigenvalue weighted by atomic mass is 14.3. The molecule has 2 aliphatic carbocycles. The van der Waals surface area contributed by atoms with E-state index in [2.05, 4.69) is 0 Å². The molecular weight excluding hydrogens is 155 g/mol. The number of rotatable bonds is 1. The van der Waals surface area contributed by atoms with Gasteiger partial charge in [-0.05, 0) is 11.8 Å². The summed E-state index contributed by atoms with van der Waals surface area (Å²) >= 11 is 0. The molecule has 2 fully saturated rings. The molecule has 1 heteroatoms. The lowest BCUT2D eigenvalue weighted by molar-refractivity contribution is 0.196. The summed E-state index contributed by atoms with van der Waals surface area (Å²) < 4.78 is 0. The third kappa shape index (κ3) is 2.51. The van der Waals surface area contributed by atoms with Gasteiger partial charge in [0.25, 0.3) is 0 Å². The zero-order valence-electron chi connectivity index (χ0n) is 8.67. The molecule has 0 saturated heterocycles. The minimum absolute atomic E-state index is 0.528. The molecule has 0 spiro atoms. The topological polar surface area (TPSA) is 0 Å². The Hall–Kier alpha value is 0.0649. The molecule has 0 unspecified atom stereocenters. The van der Waals surface area contributed by atoms with Crippen molar-refractivity contribution in [3.63, 3.8) is 0 Å². The zero-order valence-corrected chi connectivity index (χ0v) is 8.67. The van der Waals surface area contributed by atoms with Crippen LogP contribution in [-0.2, 0) is 0 Å². The first kappa shape index (κ1) is 9.61. The highest BCUT2D eigenvalue weighted by molar-refractivity contribution is 6.11. The van der Waals surface area contributed by atoms with Crippen LogP contribution in [0.25, 0.3) is 0 Å². The maximum absolute atomic E-state index is 5.93. The van der Waals surface area contributed by atoms with Gasteiger partial charge in [0.15, 0.2) is 0 Å². The Morgan fingerprint density at radius 1 is 0.615 bits per heavy atom. The van der Waals surface area contributed by atoms with Crippen molar-refractivity contribution in [1.82, 2.24) is 0 Å². The van der Waals surface area contributed by atoms with Gasteiger partial charge in [0.05, 0.1) is 7.85 Å². The largest absolute Gasteiger partial charge is 0.0774 e. The van der Waals surface area contributed by atoms with Gasteiger partial charge in [0, 0.05) is 0 Å². The SMILES string of the molecule is [B]C1CCC(C2CCCCC2)CC1. The maximum atomic E-state index is 5.93. The van der Waals surface area contributed by atoms with E-state index >= 15 is 0 Å². The molecule has 2 saturated carbocycles. The fourth-order valence-electron chi connectivity index (χ4n) is 3.22.